The van der Waals surface area contributed by atoms with Gasteiger partial charge in [-0.3, -0.25) is 10.1 Å². The molecule has 0 saturated carbocycles. The van der Waals surface area contributed by atoms with Crippen LogP contribution in [0.3, 0.4) is 0 Å². The summed E-state index contributed by atoms with van der Waals surface area (Å²) in [6.07, 6.45) is 0.973. The number of rotatable bonds is 4. The van der Waals surface area contributed by atoms with Crippen molar-refractivity contribution < 1.29 is 9.18 Å². The molecule has 4 aromatic rings. The van der Waals surface area contributed by atoms with Crippen molar-refractivity contribution in [1.29, 1.82) is 0 Å². The van der Waals surface area contributed by atoms with Gasteiger partial charge in [-0.15, -0.1) is 10.2 Å². The number of benzene rings is 3. The van der Waals surface area contributed by atoms with Crippen molar-refractivity contribution in [3.63, 3.8) is 0 Å². The molecule has 0 saturated heterocycles. The highest BCUT2D eigenvalue weighted by Crippen LogP contribution is 2.22. The molecule has 0 aliphatic carbocycles. The van der Waals surface area contributed by atoms with Crippen LogP contribution < -0.4 is 10.6 Å². The molecule has 0 radical (unpaired) electrons. The highest BCUT2D eigenvalue weighted by atomic mass is 32.1. The van der Waals surface area contributed by atoms with Crippen molar-refractivity contribution in [2.24, 2.45) is 0 Å². The maximum Gasteiger partial charge on any atom is 0.257 e. The summed E-state index contributed by atoms with van der Waals surface area (Å²) < 4.78 is 13.0. The third-order valence-electron chi connectivity index (χ3n) is 4.88. The molecule has 0 fully saturated rings. The maximum absolute atomic E-state index is 13.0. The van der Waals surface area contributed by atoms with E-state index in [1.165, 1.54) is 29.8 Å². The van der Waals surface area contributed by atoms with Gasteiger partial charge in [-0.2, -0.15) is 4.80 Å². The second kappa shape index (κ2) is 8.61. The van der Waals surface area contributed by atoms with Gasteiger partial charge in [0, 0.05) is 11.3 Å². The van der Waals surface area contributed by atoms with Gasteiger partial charge >= 0.3 is 0 Å². The monoisotopic (exact) mass is 433 g/mol. The Balaban J connectivity index is 1.52. The highest BCUT2D eigenvalue weighted by molar-refractivity contribution is 7.80. The molecule has 0 spiro atoms. The predicted molar refractivity (Wildman–Crippen MR) is 123 cm³/mol. The fourth-order valence-corrected chi connectivity index (χ4v) is 3.32. The first kappa shape index (κ1) is 20.6. The molecule has 156 valence electrons. The van der Waals surface area contributed by atoms with Crippen LogP contribution in [0.25, 0.3) is 16.7 Å². The van der Waals surface area contributed by atoms with E-state index in [1.54, 1.807) is 4.80 Å². The number of aromatic nitrogens is 3. The molecule has 6 nitrogen and oxygen atoms in total. The molecular weight excluding hydrogens is 413 g/mol. The summed E-state index contributed by atoms with van der Waals surface area (Å²) in [6.45, 7) is 4.03. The van der Waals surface area contributed by atoms with Crippen LogP contribution >= 0.6 is 12.2 Å². The van der Waals surface area contributed by atoms with Crippen LogP contribution in [0, 0.1) is 12.7 Å². The predicted octanol–water partition coefficient (Wildman–Crippen LogP) is 4.56. The second-order valence-corrected chi connectivity index (χ2v) is 7.49. The lowest BCUT2D eigenvalue weighted by molar-refractivity contribution is 0.0977. The Kier molecular flexibility index (Phi) is 5.73. The molecule has 0 unspecified atom stereocenters. The Hall–Kier alpha value is -3.65. The molecule has 8 heteroatoms. The van der Waals surface area contributed by atoms with E-state index < -0.39 is 11.7 Å². The maximum atomic E-state index is 13.0. The van der Waals surface area contributed by atoms with Crippen LogP contribution in [0.5, 0.6) is 0 Å². The normalized spacial score (nSPS) is 10.8. The lowest BCUT2D eigenvalue weighted by Crippen LogP contribution is -2.34. The zero-order valence-electron chi connectivity index (χ0n) is 17.0. The summed E-state index contributed by atoms with van der Waals surface area (Å²) in [7, 11) is 0. The number of anilines is 1. The van der Waals surface area contributed by atoms with E-state index in [-0.39, 0.29) is 5.11 Å². The Morgan fingerprint density at radius 1 is 1.03 bits per heavy atom. The molecule has 3 aromatic carbocycles. The number of hydrogen-bond donors (Lipinski definition) is 2. The number of thiocarbonyl (C=S) groups is 1. The minimum Gasteiger partial charge on any atom is -0.332 e. The SMILES string of the molecule is CCc1ccc(-n2nc3cc(C)c(NC(=S)NC(=O)c4ccc(F)cc4)cc3n2)cc1. The number of amides is 1. The smallest absolute Gasteiger partial charge is 0.257 e. The fraction of sp³-hybridized carbons (Fsp3) is 0.130. The average Bonchev–Trinajstić information content (AvgIpc) is 3.17. The van der Waals surface area contributed by atoms with E-state index in [0.717, 1.165) is 23.2 Å². The number of nitrogens with zero attached hydrogens (tertiary/aromatic N) is 3. The van der Waals surface area contributed by atoms with E-state index in [2.05, 4.69) is 39.9 Å². The van der Waals surface area contributed by atoms with Crippen LogP contribution in [-0.2, 0) is 6.42 Å². The first-order chi connectivity index (χ1) is 14.9. The molecule has 0 aliphatic rings. The van der Waals surface area contributed by atoms with Gasteiger partial charge in [0.2, 0.25) is 0 Å². The fourth-order valence-electron chi connectivity index (χ4n) is 3.11. The number of nitrogens with one attached hydrogen (secondary N) is 2. The number of halogens is 1. The average molecular weight is 434 g/mol. The molecule has 1 amide bonds. The number of fused-ring (bicyclic) bond motifs is 1. The summed E-state index contributed by atoms with van der Waals surface area (Å²) in [4.78, 5) is 13.9. The van der Waals surface area contributed by atoms with Crippen LogP contribution in [-0.4, -0.2) is 26.0 Å². The largest absolute Gasteiger partial charge is 0.332 e. The van der Waals surface area contributed by atoms with Crippen LogP contribution in [0.15, 0.2) is 60.7 Å². The van der Waals surface area contributed by atoms with Crippen LogP contribution in [0.4, 0.5) is 10.1 Å². The Bertz CT molecular complexity index is 1270. The zero-order chi connectivity index (χ0) is 22.0. The van der Waals surface area contributed by atoms with Crippen molar-refractivity contribution in [2.45, 2.75) is 20.3 Å². The van der Waals surface area contributed by atoms with E-state index in [4.69, 9.17) is 12.2 Å². The van der Waals surface area contributed by atoms with Gasteiger partial charge in [-0.05, 0) is 85.2 Å². The van der Waals surface area contributed by atoms with Crippen LogP contribution in [0.1, 0.15) is 28.4 Å². The minimum absolute atomic E-state index is 0.138. The standard InChI is InChI=1S/C23H20FN5OS/c1-3-15-4-10-18(11-5-15)29-27-20-12-14(2)19(13-21(20)28-29)25-23(31)26-22(30)16-6-8-17(24)9-7-16/h4-13H,3H2,1-2H3,(H2,25,26,30,31). The van der Waals surface area contributed by atoms with Gasteiger partial charge in [0.05, 0.1) is 5.69 Å². The molecule has 2 N–H and O–H groups in total. The second-order valence-electron chi connectivity index (χ2n) is 7.08. The molecule has 31 heavy (non-hydrogen) atoms. The third-order valence-corrected chi connectivity index (χ3v) is 5.09. The summed E-state index contributed by atoms with van der Waals surface area (Å²) in [5, 5.41) is 14.9. The molecule has 0 bridgehead atoms. The first-order valence-electron chi connectivity index (χ1n) is 9.78. The molecule has 0 atom stereocenters. The summed E-state index contributed by atoms with van der Waals surface area (Å²) >= 11 is 5.27. The lowest BCUT2D eigenvalue weighted by Gasteiger charge is -2.11. The number of hydrogen-bond acceptors (Lipinski definition) is 4. The Morgan fingerprint density at radius 3 is 2.32 bits per heavy atom. The quantitative estimate of drug-likeness (QED) is 0.462. The summed E-state index contributed by atoms with van der Waals surface area (Å²) in [6, 6.07) is 17.1. The minimum atomic E-state index is -0.419. The van der Waals surface area contributed by atoms with Gasteiger partial charge in [-0.25, -0.2) is 4.39 Å². The van der Waals surface area contributed by atoms with E-state index in [9.17, 15) is 9.18 Å². The first-order valence-corrected chi connectivity index (χ1v) is 10.2. The highest BCUT2D eigenvalue weighted by Gasteiger charge is 2.12. The van der Waals surface area contributed by atoms with Gasteiger partial charge < -0.3 is 5.32 Å². The van der Waals surface area contributed by atoms with Crippen molar-refractivity contribution in [3.8, 4) is 5.69 Å². The van der Waals surface area contributed by atoms with Crippen molar-refractivity contribution in [1.82, 2.24) is 20.3 Å². The third kappa shape index (κ3) is 4.59. The number of aryl methyl sites for hydroxylation is 2. The Labute approximate surface area is 184 Å². The molecule has 0 aliphatic heterocycles. The summed E-state index contributed by atoms with van der Waals surface area (Å²) in [5.74, 6) is -0.826. The van der Waals surface area contributed by atoms with E-state index in [1.807, 2.05) is 31.2 Å². The van der Waals surface area contributed by atoms with Gasteiger partial charge in [-0.1, -0.05) is 19.1 Å². The van der Waals surface area contributed by atoms with Crippen LogP contribution in [0.2, 0.25) is 0 Å². The molecule has 1 heterocycles. The van der Waals surface area contributed by atoms with Gasteiger partial charge in [0.15, 0.2) is 5.11 Å². The van der Waals surface area contributed by atoms with Crippen molar-refractivity contribution in [2.75, 3.05) is 5.32 Å². The molecular formula is C23H20FN5OS. The van der Waals surface area contributed by atoms with Crippen molar-refractivity contribution >= 4 is 40.0 Å². The number of carbonyl (C=O) groups excluding carboxylic acids is 1. The zero-order valence-corrected chi connectivity index (χ0v) is 17.8. The van der Waals surface area contributed by atoms with Gasteiger partial charge in [0.25, 0.3) is 5.91 Å². The van der Waals surface area contributed by atoms with E-state index in [0.29, 0.717) is 16.8 Å². The lowest BCUT2D eigenvalue weighted by atomic mass is 10.2. The molecule has 4 rings (SSSR count). The topological polar surface area (TPSA) is 71.8 Å². The molecule has 1 aromatic heterocycles. The number of carbonyl (C=O) groups is 1. The van der Waals surface area contributed by atoms with E-state index >= 15 is 0 Å². The Morgan fingerprint density at radius 2 is 1.68 bits per heavy atom. The van der Waals surface area contributed by atoms with Gasteiger partial charge in [0.1, 0.15) is 16.9 Å². The summed E-state index contributed by atoms with van der Waals surface area (Å²) in [5.41, 5.74) is 5.50. The van der Waals surface area contributed by atoms with Crippen molar-refractivity contribution in [3.05, 3.63) is 83.2 Å².